The maximum Gasteiger partial charge on any atom is 0.187 e. The fourth-order valence-corrected chi connectivity index (χ4v) is 2.05. The highest BCUT2D eigenvalue weighted by atomic mass is 32.2. The molecule has 0 aliphatic carbocycles. The third kappa shape index (κ3) is 4.25. The van der Waals surface area contributed by atoms with Gasteiger partial charge in [0, 0.05) is 23.8 Å². The number of hydrogen-bond acceptors (Lipinski definition) is 5. The summed E-state index contributed by atoms with van der Waals surface area (Å²) in [4.78, 5) is 8.28. The van der Waals surface area contributed by atoms with Gasteiger partial charge in [-0.2, -0.15) is 0 Å². The van der Waals surface area contributed by atoms with Crippen molar-refractivity contribution in [1.29, 1.82) is 0 Å². The number of ether oxygens (including phenoxy) is 1. The van der Waals surface area contributed by atoms with Crippen LogP contribution in [0.25, 0.3) is 0 Å². The van der Waals surface area contributed by atoms with Crippen molar-refractivity contribution in [2.75, 3.05) is 18.1 Å². The number of thioether (sulfide) groups is 1. The Morgan fingerprint density at radius 2 is 1.83 bits per heavy atom. The predicted molar refractivity (Wildman–Crippen MR) is 73.7 cm³/mol. The van der Waals surface area contributed by atoms with E-state index in [1.54, 1.807) is 24.2 Å². The summed E-state index contributed by atoms with van der Waals surface area (Å²) in [7, 11) is 0. The molecule has 5 heteroatoms. The van der Waals surface area contributed by atoms with Crippen LogP contribution in [0.4, 0.5) is 5.69 Å². The van der Waals surface area contributed by atoms with Crippen molar-refractivity contribution < 1.29 is 4.74 Å². The number of rotatable bonds is 6. The van der Waals surface area contributed by atoms with Crippen LogP contribution in [0.3, 0.4) is 0 Å². The van der Waals surface area contributed by atoms with Crippen molar-refractivity contribution in [3.63, 3.8) is 0 Å². The topological polar surface area (TPSA) is 61.0 Å². The maximum atomic E-state index is 5.59. The summed E-state index contributed by atoms with van der Waals surface area (Å²) in [6.45, 7) is 0.684. The molecule has 1 aromatic carbocycles. The minimum atomic E-state index is 0.684. The normalized spacial score (nSPS) is 10.2. The molecule has 2 N–H and O–H groups in total. The maximum absolute atomic E-state index is 5.59. The molecular weight excluding hydrogens is 246 g/mol. The van der Waals surface area contributed by atoms with Crippen molar-refractivity contribution in [3.8, 4) is 5.75 Å². The number of nitrogens with zero attached hydrogens (tertiary/aromatic N) is 2. The van der Waals surface area contributed by atoms with Gasteiger partial charge in [0.25, 0.3) is 0 Å². The Morgan fingerprint density at radius 1 is 1.11 bits per heavy atom. The first-order valence-corrected chi connectivity index (χ1v) is 6.71. The SMILES string of the molecule is Nc1ccc(OCCCSc2ncccn2)cc1. The van der Waals surface area contributed by atoms with Crippen LogP contribution in [0, 0.1) is 0 Å². The molecule has 94 valence electrons. The van der Waals surface area contributed by atoms with Crippen molar-refractivity contribution in [2.24, 2.45) is 0 Å². The quantitative estimate of drug-likeness (QED) is 0.375. The number of anilines is 1. The Labute approximate surface area is 111 Å². The number of nitrogens with two attached hydrogens (primary N) is 1. The summed E-state index contributed by atoms with van der Waals surface area (Å²) in [6, 6.07) is 9.24. The third-order valence-corrected chi connectivity index (χ3v) is 3.17. The van der Waals surface area contributed by atoms with Gasteiger partial charge >= 0.3 is 0 Å². The first-order chi connectivity index (χ1) is 8.84. The van der Waals surface area contributed by atoms with Gasteiger partial charge in [-0.05, 0) is 36.8 Å². The summed E-state index contributed by atoms with van der Waals surface area (Å²) < 4.78 is 5.59. The van der Waals surface area contributed by atoms with Gasteiger partial charge in [0.05, 0.1) is 6.61 Å². The molecule has 0 saturated heterocycles. The summed E-state index contributed by atoms with van der Waals surface area (Å²) in [6.07, 6.45) is 4.45. The molecule has 0 radical (unpaired) electrons. The fourth-order valence-electron chi connectivity index (χ4n) is 1.34. The van der Waals surface area contributed by atoms with E-state index in [9.17, 15) is 0 Å². The van der Waals surface area contributed by atoms with Gasteiger partial charge in [-0.1, -0.05) is 11.8 Å². The van der Waals surface area contributed by atoms with Gasteiger partial charge in [0.2, 0.25) is 0 Å². The Morgan fingerprint density at radius 3 is 2.56 bits per heavy atom. The largest absolute Gasteiger partial charge is 0.494 e. The van der Waals surface area contributed by atoms with Crippen LogP contribution >= 0.6 is 11.8 Å². The Balaban J connectivity index is 1.63. The average molecular weight is 261 g/mol. The summed E-state index contributed by atoms with van der Waals surface area (Å²) in [5.74, 6) is 1.80. The zero-order valence-electron chi connectivity index (χ0n) is 9.95. The van der Waals surface area contributed by atoms with Crippen LogP contribution in [0.15, 0.2) is 47.9 Å². The van der Waals surface area contributed by atoms with Crippen LogP contribution in [0.5, 0.6) is 5.75 Å². The molecule has 1 heterocycles. The molecule has 0 unspecified atom stereocenters. The van der Waals surface area contributed by atoms with Gasteiger partial charge in [-0.25, -0.2) is 9.97 Å². The lowest BCUT2D eigenvalue weighted by atomic mass is 10.3. The van der Waals surface area contributed by atoms with Crippen molar-refractivity contribution >= 4 is 17.4 Å². The van der Waals surface area contributed by atoms with Crippen molar-refractivity contribution in [1.82, 2.24) is 9.97 Å². The zero-order chi connectivity index (χ0) is 12.6. The molecule has 4 nitrogen and oxygen atoms in total. The van der Waals surface area contributed by atoms with E-state index in [-0.39, 0.29) is 0 Å². The van der Waals surface area contributed by atoms with E-state index in [2.05, 4.69) is 9.97 Å². The standard InChI is InChI=1S/C13H15N3OS/c14-11-3-5-12(6-4-11)17-9-2-10-18-13-15-7-1-8-16-13/h1,3-8H,2,9-10,14H2. The highest BCUT2D eigenvalue weighted by Gasteiger charge is 1.97. The van der Waals surface area contributed by atoms with E-state index >= 15 is 0 Å². The van der Waals surface area contributed by atoms with E-state index in [4.69, 9.17) is 10.5 Å². The molecule has 2 rings (SSSR count). The van der Waals surface area contributed by atoms with E-state index < -0.39 is 0 Å². The molecule has 18 heavy (non-hydrogen) atoms. The van der Waals surface area contributed by atoms with Gasteiger partial charge < -0.3 is 10.5 Å². The number of hydrogen-bond donors (Lipinski definition) is 1. The van der Waals surface area contributed by atoms with Crippen LogP contribution in [0.2, 0.25) is 0 Å². The first kappa shape index (κ1) is 12.7. The zero-order valence-corrected chi connectivity index (χ0v) is 10.8. The van der Waals surface area contributed by atoms with Gasteiger partial charge in [-0.15, -0.1) is 0 Å². The lowest BCUT2D eigenvalue weighted by Crippen LogP contribution is -1.99. The molecule has 0 spiro atoms. The molecule has 0 amide bonds. The molecular formula is C13H15N3OS. The predicted octanol–water partition coefficient (Wildman–Crippen LogP) is 2.62. The second kappa shape index (κ2) is 6.86. The molecule has 0 aliphatic rings. The molecule has 1 aromatic heterocycles. The van der Waals surface area contributed by atoms with E-state index in [0.717, 1.165) is 28.8 Å². The van der Waals surface area contributed by atoms with E-state index in [0.29, 0.717) is 6.61 Å². The highest BCUT2D eigenvalue weighted by molar-refractivity contribution is 7.99. The molecule has 0 fully saturated rings. The van der Waals surface area contributed by atoms with Gasteiger partial charge in [0.1, 0.15) is 5.75 Å². The second-order valence-corrected chi connectivity index (χ2v) is 4.71. The van der Waals surface area contributed by atoms with Crippen molar-refractivity contribution in [2.45, 2.75) is 11.6 Å². The minimum Gasteiger partial charge on any atom is -0.494 e. The fraction of sp³-hybridized carbons (Fsp3) is 0.231. The van der Waals surface area contributed by atoms with Crippen LogP contribution in [0.1, 0.15) is 6.42 Å². The molecule has 0 bridgehead atoms. The molecule has 0 saturated carbocycles. The summed E-state index contributed by atoms with van der Waals surface area (Å²) >= 11 is 1.64. The first-order valence-electron chi connectivity index (χ1n) is 5.73. The lowest BCUT2D eigenvalue weighted by Gasteiger charge is -2.05. The summed E-state index contributed by atoms with van der Waals surface area (Å²) in [5.41, 5.74) is 6.34. The number of nitrogen functional groups attached to an aromatic ring is 1. The summed E-state index contributed by atoms with van der Waals surface area (Å²) in [5, 5.41) is 0.810. The lowest BCUT2D eigenvalue weighted by molar-refractivity contribution is 0.319. The van der Waals surface area contributed by atoms with E-state index in [1.807, 2.05) is 30.3 Å². The average Bonchev–Trinajstić information content (AvgIpc) is 2.42. The Hall–Kier alpha value is -1.75. The van der Waals surface area contributed by atoms with Gasteiger partial charge in [-0.3, -0.25) is 0 Å². The Kier molecular flexibility index (Phi) is 4.84. The van der Waals surface area contributed by atoms with Crippen LogP contribution in [-0.4, -0.2) is 22.3 Å². The highest BCUT2D eigenvalue weighted by Crippen LogP contribution is 2.15. The minimum absolute atomic E-state index is 0.684. The molecule has 0 aliphatic heterocycles. The van der Waals surface area contributed by atoms with Crippen LogP contribution in [-0.2, 0) is 0 Å². The second-order valence-electron chi connectivity index (χ2n) is 3.65. The Bertz CT molecular complexity index is 461. The number of benzene rings is 1. The van der Waals surface area contributed by atoms with Crippen molar-refractivity contribution in [3.05, 3.63) is 42.7 Å². The molecule has 0 atom stereocenters. The molecule has 2 aromatic rings. The number of aromatic nitrogens is 2. The monoisotopic (exact) mass is 261 g/mol. The smallest absolute Gasteiger partial charge is 0.187 e. The van der Waals surface area contributed by atoms with E-state index in [1.165, 1.54) is 0 Å². The van der Waals surface area contributed by atoms with Crippen LogP contribution < -0.4 is 10.5 Å². The van der Waals surface area contributed by atoms with Gasteiger partial charge in [0.15, 0.2) is 5.16 Å². The third-order valence-electron chi connectivity index (χ3n) is 2.21.